The van der Waals surface area contributed by atoms with Crippen molar-refractivity contribution in [1.82, 2.24) is 0 Å². The quantitative estimate of drug-likeness (QED) is 0.754. The number of hydrogen-bond acceptors (Lipinski definition) is 3. The van der Waals surface area contributed by atoms with Gasteiger partial charge in [-0.15, -0.1) is 11.3 Å². The third-order valence-electron chi connectivity index (χ3n) is 2.36. The monoisotopic (exact) mass is 392 g/mol. The topological polar surface area (TPSA) is 55.1 Å². The molecule has 6 heteroatoms. The number of hydrogen-bond donors (Lipinski definition) is 2. The molecule has 0 bridgehead atoms. The molecule has 1 aromatic heterocycles. The van der Waals surface area contributed by atoms with E-state index in [1.54, 1.807) is 24.3 Å². The molecule has 0 atom stereocenters. The second-order valence-electron chi connectivity index (χ2n) is 3.70. The number of carbonyl (C=O) groups excluding carboxylic acids is 1. The molecule has 1 amide bonds. The molecule has 0 aliphatic heterocycles. The van der Waals surface area contributed by atoms with Crippen LogP contribution >= 0.6 is 45.5 Å². The maximum absolute atomic E-state index is 12.0. The van der Waals surface area contributed by atoms with Gasteiger partial charge >= 0.3 is 0 Å². The summed E-state index contributed by atoms with van der Waals surface area (Å²) < 4.78 is 0.898. The van der Waals surface area contributed by atoms with Crippen LogP contribution in [0.3, 0.4) is 0 Å². The minimum atomic E-state index is -0.153. The van der Waals surface area contributed by atoms with Crippen LogP contribution in [0.25, 0.3) is 0 Å². The number of nitrogens with two attached hydrogens (primary N) is 1. The number of benzene rings is 1. The zero-order chi connectivity index (χ0) is 13.3. The molecule has 2 aromatic rings. The van der Waals surface area contributed by atoms with Crippen molar-refractivity contribution in [3.63, 3.8) is 0 Å². The normalized spacial score (nSPS) is 10.4. The van der Waals surface area contributed by atoms with Crippen LogP contribution < -0.4 is 11.1 Å². The van der Waals surface area contributed by atoms with E-state index >= 15 is 0 Å². The van der Waals surface area contributed by atoms with Gasteiger partial charge in [-0.3, -0.25) is 4.79 Å². The molecule has 3 N–H and O–H groups in total. The molecule has 1 heterocycles. The minimum Gasteiger partial charge on any atom is -0.398 e. The molecule has 3 nitrogen and oxygen atoms in total. The van der Waals surface area contributed by atoms with Gasteiger partial charge in [-0.25, -0.2) is 0 Å². The Hall–Kier alpha value is -0.790. The van der Waals surface area contributed by atoms with Gasteiger partial charge in [0, 0.05) is 19.2 Å². The van der Waals surface area contributed by atoms with Gasteiger partial charge in [-0.1, -0.05) is 11.6 Å². The van der Waals surface area contributed by atoms with Gasteiger partial charge in [-0.2, -0.15) is 0 Å². The number of amides is 1. The SMILES string of the molecule is Cc1sc(C(=O)Nc2ccc(Cl)cc2I)cc1N. The zero-order valence-electron chi connectivity index (χ0n) is 9.46. The lowest BCUT2D eigenvalue weighted by Gasteiger charge is -2.06. The number of carbonyl (C=O) groups is 1. The molecular weight excluding hydrogens is 383 g/mol. The van der Waals surface area contributed by atoms with Crippen molar-refractivity contribution in [1.29, 1.82) is 0 Å². The third kappa shape index (κ3) is 2.96. The Bertz CT molecular complexity index is 593. The number of nitrogen functional groups attached to an aromatic ring is 1. The van der Waals surface area contributed by atoms with Crippen LogP contribution in [0, 0.1) is 10.5 Å². The number of nitrogens with one attached hydrogen (secondary N) is 1. The van der Waals surface area contributed by atoms with Crippen LogP contribution in [0.15, 0.2) is 24.3 Å². The van der Waals surface area contributed by atoms with E-state index in [0.717, 1.165) is 14.1 Å². The van der Waals surface area contributed by atoms with Crippen LogP contribution in [-0.4, -0.2) is 5.91 Å². The van der Waals surface area contributed by atoms with E-state index in [1.807, 2.05) is 6.92 Å². The molecule has 0 aliphatic carbocycles. The molecule has 2 rings (SSSR count). The molecule has 0 spiro atoms. The summed E-state index contributed by atoms with van der Waals surface area (Å²) in [5.41, 5.74) is 7.13. The molecule has 0 unspecified atom stereocenters. The van der Waals surface area contributed by atoms with Crippen molar-refractivity contribution in [3.05, 3.63) is 42.6 Å². The highest BCUT2D eigenvalue weighted by Gasteiger charge is 2.12. The molecule has 0 radical (unpaired) electrons. The van der Waals surface area contributed by atoms with E-state index in [4.69, 9.17) is 17.3 Å². The van der Waals surface area contributed by atoms with E-state index in [0.29, 0.717) is 15.6 Å². The Morgan fingerprint density at radius 3 is 2.72 bits per heavy atom. The summed E-state index contributed by atoms with van der Waals surface area (Å²) in [6.45, 7) is 1.89. The number of anilines is 2. The fraction of sp³-hybridized carbons (Fsp3) is 0.0833. The summed E-state index contributed by atoms with van der Waals surface area (Å²) in [5, 5.41) is 3.49. The third-order valence-corrected chi connectivity index (χ3v) is 4.55. The smallest absolute Gasteiger partial charge is 0.265 e. The summed E-state index contributed by atoms with van der Waals surface area (Å²) in [6, 6.07) is 7.02. The van der Waals surface area contributed by atoms with Crippen LogP contribution in [-0.2, 0) is 0 Å². The lowest BCUT2D eigenvalue weighted by molar-refractivity contribution is 0.103. The molecule has 0 aliphatic rings. The summed E-state index contributed by atoms with van der Waals surface area (Å²) >= 11 is 9.38. The van der Waals surface area contributed by atoms with Gasteiger partial charge in [0.25, 0.3) is 5.91 Å². The zero-order valence-corrected chi connectivity index (χ0v) is 13.2. The van der Waals surface area contributed by atoms with E-state index in [1.165, 1.54) is 11.3 Å². The Morgan fingerprint density at radius 2 is 2.17 bits per heavy atom. The molecule has 94 valence electrons. The highest BCUT2D eigenvalue weighted by molar-refractivity contribution is 14.1. The fourth-order valence-corrected chi connectivity index (χ4v) is 3.23. The van der Waals surface area contributed by atoms with Crippen LogP contribution in [0.4, 0.5) is 11.4 Å². The van der Waals surface area contributed by atoms with E-state index in [9.17, 15) is 4.79 Å². The highest BCUT2D eigenvalue weighted by atomic mass is 127. The van der Waals surface area contributed by atoms with Gasteiger partial charge < -0.3 is 11.1 Å². The van der Waals surface area contributed by atoms with Crippen molar-refractivity contribution in [2.45, 2.75) is 6.92 Å². The van der Waals surface area contributed by atoms with Crippen molar-refractivity contribution < 1.29 is 4.79 Å². The van der Waals surface area contributed by atoms with Gasteiger partial charge in [0.1, 0.15) is 0 Å². The average molecular weight is 393 g/mol. The van der Waals surface area contributed by atoms with E-state index < -0.39 is 0 Å². The van der Waals surface area contributed by atoms with Gasteiger partial charge in [-0.05, 0) is 53.8 Å². The summed E-state index contributed by atoms with van der Waals surface area (Å²) in [5.74, 6) is -0.153. The van der Waals surface area contributed by atoms with Crippen molar-refractivity contribution in [2.75, 3.05) is 11.1 Å². The first-order chi connectivity index (χ1) is 8.47. The van der Waals surface area contributed by atoms with Gasteiger partial charge in [0.2, 0.25) is 0 Å². The van der Waals surface area contributed by atoms with Crippen LogP contribution in [0.2, 0.25) is 5.02 Å². The largest absolute Gasteiger partial charge is 0.398 e. The molecule has 18 heavy (non-hydrogen) atoms. The second kappa shape index (κ2) is 5.46. The van der Waals surface area contributed by atoms with E-state index in [2.05, 4.69) is 27.9 Å². The second-order valence-corrected chi connectivity index (χ2v) is 6.56. The van der Waals surface area contributed by atoms with Crippen molar-refractivity contribution in [3.8, 4) is 0 Å². The first kappa shape index (κ1) is 13.6. The summed E-state index contributed by atoms with van der Waals surface area (Å²) in [7, 11) is 0. The van der Waals surface area contributed by atoms with Crippen molar-refractivity contribution in [2.24, 2.45) is 0 Å². The Kier molecular flexibility index (Phi) is 4.14. The van der Waals surface area contributed by atoms with Crippen LogP contribution in [0.5, 0.6) is 0 Å². The Morgan fingerprint density at radius 1 is 1.44 bits per heavy atom. The maximum atomic E-state index is 12.0. The maximum Gasteiger partial charge on any atom is 0.265 e. The lowest BCUT2D eigenvalue weighted by Crippen LogP contribution is -2.11. The number of rotatable bonds is 2. The van der Waals surface area contributed by atoms with Crippen LogP contribution in [0.1, 0.15) is 14.5 Å². The number of thiophene rings is 1. The molecule has 0 saturated heterocycles. The van der Waals surface area contributed by atoms with Gasteiger partial charge in [0.05, 0.1) is 10.6 Å². The average Bonchev–Trinajstić information content (AvgIpc) is 2.63. The summed E-state index contributed by atoms with van der Waals surface area (Å²) in [6.07, 6.45) is 0. The number of aryl methyl sites for hydroxylation is 1. The lowest BCUT2D eigenvalue weighted by atomic mass is 10.3. The highest BCUT2D eigenvalue weighted by Crippen LogP contribution is 2.26. The molecule has 1 aromatic carbocycles. The Balaban J connectivity index is 2.21. The fourth-order valence-electron chi connectivity index (χ4n) is 1.38. The number of halogens is 2. The predicted octanol–water partition coefficient (Wildman–Crippen LogP) is 4.15. The van der Waals surface area contributed by atoms with Gasteiger partial charge in [0.15, 0.2) is 0 Å². The standard InChI is InChI=1S/C12H10ClIN2OS/c1-6-9(15)5-11(18-6)12(17)16-10-3-2-7(13)4-8(10)14/h2-5H,15H2,1H3,(H,16,17). The summed E-state index contributed by atoms with van der Waals surface area (Å²) in [4.78, 5) is 13.6. The van der Waals surface area contributed by atoms with E-state index in [-0.39, 0.29) is 5.91 Å². The minimum absolute atomic E-state index is 0.153. The Labute approximate surface area is 127 Å². The molecule has 0 saturated carbocycles. The predicted molar refractivity (Wildman–Crippen MR) is 85.6 cm³/mol. The first-order valence-corrected chi connectivity index (χ1v) is 7.37. The van der Waals surface area contributed by atoms with Crippen molar-refractivity contribution >= 4 is 62.8 Å². The molecular formula is C12H10ClIN2OS. The molecule has 0 fully saturated rings. The first-order valence-electron chi connectivity index (χ1n) is 5.09.